The fourth-order valence-electron chi connectivity index (χ4n) is 1.96. The fraction of sp³-hybridized carbons (Fsp3) is 0.200. The average molecular weight is 372 g/mol. The molecule has 0 bridgehead atoms. The first-order valence-corrected chi connectivity index (χ1v) is 8.67. The van der Waals surface area contributed by atoms with Crippen LogP contribution in [-0.4, -0.2) is 15.0 Å². The van der Waals surface area contributed by atoms with Crippen LogP contribution in [0.1, 0.15) is 11.1 Å². The normalized spacial score (nSPS) is 11.6. The zero-order chi connectivity index (χ0) is 15.5. The van der Waals surface area contributed by atoms with Crippen molar-refractivity contribution in [3.63, 3.8) is 0 Å². The molecule has 0 unspecified atom stereocenters. The SMILES string of the molecule is Cc1ccc(Br)cc1S(=O)(=O)NCCc1ccccc1F. The Morgan fingerprint density at radius 3 is 2.62 bits per heavy atom. The van der Waals surface area contributed by atoms with Crippen LogP contribution in [0.4, 0.5) is 4.39 Å². The van der Waals surface area contributed by atoms with Crippen LogP contribution in [0.5, 0.6) is 0 Å². The predicted octanol–water partition coefficient (Wildman–Crippen LogP) is 3.42. The van der Waals surface area contributed by atoms with E-state index >= 15 is 0 Å². The number of hydrogen-bond donors (Lipinski definition) is 1. The molecule has 0 spiro atoms. The maximum absolute atomic E-state index is 13.5. The van der Waals surface area contributed by atoms with Crippen molar-refractivity contribution in [2.45, 2.75) is 18.2 Å². The second-order valence-electron chi connectivity index (χ2n) is 4.65. The average Bonchev–Trinajstić information content (AvgIpc) is 2.43. The zero-order valence-electron chi connectivity index (χ0n) is 11.4. The minimum absolute atomic E-state index is 0.148. The van der Waals surface area contributed by atoms with Gasteiger partial charge in [0.1, 0.15) is 5.82 Å². The van der Waals surface area contributed by atoms with Crippen LogP contribution in [0.15, 0.2) is 51.8 Å². The highest BCUT2D eigenvalue weighted by Crippen LogP contribution is 2.20. The van der Waals surface area contributed by atoms with E-state index in [-0.39, 0.29) is 17.3 Å². The lowest BCUT2D eigenvalue weighted by atomic mass is 10.1. The summed E-state index contributed by atoms with van der Waals surface area (Å²) in [7, 11) is -3.60. The van der Waals surface area contributed by atoms with Crippen LogP contribution in [0.25, 0.3) is 0 Å². The van der Waals surface area contributed by atoms with E-state index < -0.39 is 10.0 Å². The zero-order valence-corrected chi connectivity index (χ0v) is 13.8. The number of sulfonamides is 1. The molecule has 0 aromatic heterocycles. The summed E-state index contributed by atoms with van der Waals surface area (Å²) >= 11 is 3.26. The molecule has 3 nitrogen and oxygen atoms in total. The summed E-state index contributed by atoms with van der Waals surface area (Å²) in [6.45, 7) is 1.88. The van der Waals surface area contributed by atoms with Gasteiger partial charge in [0, 0.05) is 11.0 Å². The second-order valence-corrected chi connectivity index (χ2v) is 7.30. The number of aryl methyl sites for hydroxylation is 1. The van der Waals surface area contributed by atoms with Gasteiger partial charge in [-0.2, -0.15) is 0 Å². The lowest BCUT2D eigenvalue weighted by Crippen LogP contribution is -2.26. The molecule has 0 saturated carbocycles. The molecule has 0 aliphatic carbocycles. The molecule has 2 aromatic rings. The molecule has 2 aromatic carbocycles. The van der Waals surface area contributed by atoms with Crippen LogP contribution in [0.3, 0.4) is 0 Å². The van der Waals surface area contributed by atoms with Gasteiger partial charge in [0.05, 0.1) is 4.90 Å². The summed E-state index contributed by atoms with van der Waals surface area (Å²) in [5.41, 5.74) is 1.16. The topological polar surface area (TPSA) is 46.2 Å². The minimum Gasteiger partial charge on any atom is -0.211 e. The second kappa shape index (κ2) is 6.68. The summed E-state index contributed by atoms with van der Waals surface area (Å²) in [5.74, 6) is -0.324. The van der Waals surface area contributed by atoms with E-state index in [0.717, 1.165) is 0 Å². The molecular weight excluding hydrogens is 357 g/mol. The first kappa shape index (κ1) is 16.1. The minimum atomic E-state index is -3.60. The standard InChI is InChI=1S/C15H15BrFNO2S/c1-11-6-7-13(16)10-15(11)21(19,20)18-9-8-12-4-2-3-5-14(12)17/h2-7,10,18H,8-9H2,1H3. The molecule has 0 fully saturated rings. The number of benzene rings is 2. The van der Waals surface area contributed by atoms with Crippen molar-refractivity contribution in [2.24, 2.45) is 0 Å². The van der Waals surface area contributed by atoms with Crippen molar-refractivity contribution in [3.8, 4) is 0 Å². The molecule has 0 aliphatic heterocycles. The van der Waals surface area contributed by atoms with E-state index in [2.05, 4.69) is 20.7 Å². The predicted molar refractivity (Wildman–Crippen MR) is 84.2 cm³/mol. The Morgan fingerprint density at radius 2 is 1.90 bits per heavy atom. The number of halogens is 2. The van der Waals surface area contributed by atoms with E-state index in [0.29, 0.717) is 22.0 Å². The Bertz CT molecular complexity index is 747. The van der Waals surface area contributed by atoms with Crippen molar-refractivity contribution >= 4 is 26.0 Å². The molecule has 6 heteroatoms. The van der Waals surface area contributed by atoms with Crippen molar-refractivity contribution < 1.29 is 12.8 Å². The van der Waals surface area contributed by atoms with Crippen molar-refractivity contribution in [3.05, 3.63) is 63.9 Å². The Morgan fingerprint density at radius 1 is 1.19 bits per heavy atom. The first-order valence-electron chi connectivity index (χ1n) is 6.39. The van der Waals surface area contributed by atoms with E-state index in [1.54, 1.807) is 43.3 Å². The van der Waals surface area contributed by atoms with E-state index in [9.17, 15) is 12.8 Å². The smallest absolute Gasteiger partial charge is 0.211 e. The summed E-state index contributed by atoms with van der Waals surface area (Å²) in [6, 6.07) is 11.4. The maximum atomic E-state index is 13.5. The van der Waals surface area contributed by atoms with Gasteiger partial charge < -0.3 is 0 Å². The molecule has 2 rings (SSSR count). The van der Waals surface area contributed by atoms with E-state index in [1.807, 2.05) is 0 Å². The van der Waals surface area contributed by atoms with Gasteiger partial charge in [-0.05, 0) is 42.7 Å². The van der Waals surface area contributed by atoms with Crippen LogP contribution in [0.2, 0.25) is 0 Å². The van der Waals surface area contributed by atoms with Crippen LogP contribution >= 0.6 is 15.9 Å². The highest BCUT2D eigenvalue weighted by Gasteiger charge is 2.16. The summed E-state index contributed by atoms with van der Waals surface area (Å²) in [6.07, 6.45) is 0.305. The van der Waals surface area contributed by atoms with Crippen LogP contribution in [-0.2, 0) is 16.4 Å². The largest absolute Gasteiger partial charge is 0.240 e. The number of hydrogen-bond acceptors (Lipinski definition) is 2. The number of nitrogens with one attached hydrogen (secondary N) is 1. The third kappa shape index (κ3) is 4.12. The molecule has 1 N–H and O–H groups in total. The van der Waals surface area contributed by atoms with Gasteiger partial charge in [0.25, 0.3) is 0 Å². The molecule has 0 amide bonds. The van der Waals surface area contributed by atoms with Gasteiger partial charge in [-0.25, -0.2) is 17.5 Å². The lowest BCUT2D eigenvalue weighted by Gasteiger charge is -2.10. The molecule has 112 valence electrons. The molecule has 0 heterocycles. The Labute approximate surface area is 132 Å². The van der Waals surface area contributed by atoms with Gasteiger partial charge in [-0.1, -0.05) is 40.2 Å². The summed E-state index contributed by atoms with van der Waals surface area (Å²) < 4.78 is 41.2. The van der Waals surface area contributed by atoms with Gasteiger partial charge in [0.15, 0.2) is 0 Å². The van der Waals surface area contributed by atoms with Crippen molar-refractivity contribution in [2.75, 3.05) is 6.54 Å². The van der Waals surface area contributed by atoms with Crippen LogP contribution in [0, 0.1) is 12.7 Å². The first-order chi connectivity index (χ1) is 9.90. The molecule has 0 aliphatic rings. The molecule has 0 radical (unpaired) electrons. The molecule has 0 atom stereocenters. The van der Waals surface area contributed by atoms with E-state index in [1.165, 1.54) is 6.07 Å². The highest BCUT2D eigenvalue weighted by molar-refractivity contribution is 9.10. The number of rotatable bonds is 5. The van der Waals surface area contributed by atoms with Crippen molar-refractivity contribution in [1.29, 1.82) is 0 Å². The Hall–Kier alpha value is -1.24. The third-order valence-electron chi connectivity index (χ3n) is 3.08. The van der Waals surface area contributed by atoms with Gasteiger partial charge in [-0.15, -0.1) is 0 Å². The fourth-order valence-corrected chi connectivity index (χ4v) is 3.78. The third-order valence-corrected chi connectivity index (χ3v) is 5.18. The van der Waals surface area contributed by atoms with Crippen molar-refractivity contribution in [1.82, 2.24) is 4.72 Å². The maximum Gasteiger partial charge on any atom is 0.240 e. The van der Waals surface area contributed by atoms with Gasteiger partial charge >= 0.3 is 0 Å². The van der Waals surface area contributed by atoms with E-state index in [4.69, 9.17) is 0 Å². The monoisotopic (exact) mass is 371 g/mol. The molecule has 21 heavy (non-hydrogen) atoms. The van der Waals surface area contributed by atoms with Crippen LogP contribution < -0.4 is 4.72 Å². The lowest BCUT2D eigenvalue weighted by molar-refractivity contribution is 0.577. The Balaban J connectivity index is 2.08. The Kier molecular flexibility index (Phi) is 5.13. The molecule has 0 saturated heterocycles. The molecular formula is C15H15BrFNO2S. The summed E-state index contributed by atoms with van der Waals surface area (Å²) in [4.78, 5) is 0.227. The van der Waals surface area contributed by atoms with Gasteiger partial charge in [-0.3, -0.25) is 0 Å². The van der Waals surface area contributed by atoms with Gasteiger partial charge in [0.2, 0.25) is 10.0 Å². The summed E-state index contributed by atoms with van der Waals surface area (Å²) in [5, 5.41) is 0. The quantitative estimate of drug-likeness (QED) is 0.874. The highest BCUT2D eigenvalue weighted by atomic mass is 79.9.